The van der Waals surface area contributed by atoms with E-state index >= 15 is 0 Å². The summed E-state index contributed by atoms with van der Waals surface area (Å²) in [5, 5.41) is 10.2. The fourth-order valence-electron chi connectivity index (χ4n) is 6.22. The average molecular weight is 507 g/mol. The van der Waals surface area contributed by atoms with Gasteiger partial charge in [0.15, 0.2) is 0 Å². The van der Waals surface area contributed by atoms with Crippen molar-refractivity contribution in [2.45, 2.75) is 0 Å². The van der Waals surface area contributed by atoms with E-state index in [1.807, 2.05) is 0 Å². The molecule has 0 aliphatic heterocycles. The average Bonchev–Trinajstić information content (AvgIpc) is 3.03. The van der Waals surface area contributed by atoms with E-state index in [1.165, 1.54) is 76.5 Å². The van der Waals surface area contributed by atoms with Gasteiger partial charge in [0, 0.05) is 0 Å². The molecule has 8 aromatic carbocycles. The predicted molar refractivity (Wildman–Crippen MR) is 173 cm³/mol. The van der Waals surface area contributed by atoms with Crippen LogP contribution in [-0.4, -0.2) is 0 Å². The molecule has 0 unspecified atom stereocenters. The number of benzene rings is 8. The van der Waals surface area contributed by atoms with Crippen molar-refractivity contribution in [3.8, 4) is 33.4 Å². The van der Waals surface area contributed by atoms with Gasteiger partial charge >= 0.3 is 0 Å². The molecule has 0 fully saturated rings. The first kappa shape index (κ1) is 22.8. The van der Waals surface area contributed by atoms with E-state index in [1.54, 1.807) is 0 Å². The van der Waals surface area contributed by atoms with Crippen LogP contribution in [0, 0.1) is 0 Å². The zero-order valence-corrected chi connectivity index (χ0v) is 22.0. The Morgan fingerprint density at radius 1 is 0.225 bits per heavy atom. The molecule has 8 aromatic rings. The van der Waals surface area contributed by atoms with E-state index in [2.05, 4.69) is 158 Å². The summed E-state index contributed by atoms with van der Waals surface area (Å²) in [6.07, 6.45) is 0. The van der Waals surface area contributed by atoms with Crippen LogP contribution in [0.2, 0.25) is 0 Å². The highest BCUT2D eigenvalue weighted by atomic mass is 14.2. The van der Waals surface area contributed by atoms with Gasteiger partial charge in [-0.3, -0.25) is 0 Å². The summed E-state index contributed by atoms with van der Waals surface area (Å²) in [6.45, 7) is 0. The van der Waals surface area contributed by atoms with Crippen LogP contribution in [-0.2, 0) is 0 Å². The van der Waals surface area contributed by atoms with Gasteiger partial charge in [0.1, 0.15) is 0 Å². The molecule has 0 radical (unpaired) electrons. The smallest absolute Gasteiger partial charge is 0.00928 e. The monoisotopic (exact) mass is 506 g/mol. The summed E-state index contributed by atoms with van der Waals surface area (Å²) >= 11 is 0. The Balaban J connectivity index is 1.36. The second-order valence-electron chi connectivity index (χ2n) is 10.6. The highest BCUT2D eigenvalue weighted by molar-refractivity contribution is 6.15. The predicted octanol–water partition coefficient (Wildman–Crippen LogP) is 11.3. The molecule has 0 aliphatic carbocycles. The largest absolute Gasteiger partial charge is 0.0616 e. The lowest BCUT2D eigenvalue weighted by Gasteiger charge is -2.15. The van der Waals surface area contributed by atoms with E-state index in [0.29, 0.717) is 0 Å². The lowest BCUT2D eigenvalue weighted by Crippen LogP contribution is -1.88. The molecule has 0 atom stereocenters. The third-order valence-corrected chi connectivity index (χ3v) is 8.22. The molecule has 0 aromatic heterocycles. The van der Waals surface area contributed by atoms with Gasteiger partial charge in [0.05, 0.1) is 0 Å². The summed E-state index contributed by atoms with van der Waals surface area (Å²) in [5.41, 5.74) is 7.47. The van der Waals surface area contributed by atoms with Crippen LogP contribution in [0.5, 0.6) is 0 Å². The normalized spacial score (nSPS) is 11.5. The molecule has 0 bridgehead atoms. The van der Waals surface area contributed by atoms with E-state index < -0.39 is 0 Å². The molecule has 8 rings (SSSR count). The van der Waals surface area contributed by atoms with Crippen LogP contribution in [0.15, 0.2) is 158 Å². The maximum Gasteiger partial charge on any atom is -0.00928 e. The number of fused-ring (bicyclic) bond motifs is 5. The van der Waals surface area contributed by atoms with Crippen molar-refractivity contribution >= 4 is 43.1 Å². The quantitative estimate of drug-likeness (QED) is 0.209. The lowest BCUT2D eigenvalue weighted by atomic mass is 9.89. The van der Waals surface area contributed by atoms with Crippen molar-refractivity contribution < 1.29 is 0 Å². The van der Waals surface area contributed by atoms with Crippen molar-refractivity contribution in [3.63, 3.8) is 0 Å². The molecule has 0 saturated heterocycles. The van der Waals surface area contributed by atoms with Crippen molar-refractivity contribution in [1.29, 1.82) is 0 Å². The maximum atomic E-state index is 2.38. The van der Waals surface area contributed by atoms with Gasteiger partial charge in [-0.2, -0.15) is 0 Å². The number of hydrogen-bond acceptors (Lipinski definition) is 0. The van der Waals surface area contributed by atoms with E-state index in [9.17, 15) is 0 Å². The highest BCUT2D eigenvalue weighted by Gasteiger charge is 2.12. The van der Waals surface area contributed by atoms with Crippen molar-refractivity contribution in [2.24, 2.45) is 0 Å². The van der Waals surface area contributed by atoms with Crippen LogP contribution in [0.25, 0.3) is 76.5 Å². The van der Waals surface area contributed by atoms with Crippen LogP contribution >= 0.6 is 0 Å². The summed E-state index contributed by atoms with van der Waals surface area (Å²) < 4.78 is 0. The Morgan fingerprint density at radius 3 is 1.73 bits per heavy atom. The fourth-order valence-corrected chi connectivity index (χ4v) is 6.22. The van der Waals surface area contributed by atoms with Gasteiger partial charge < -0.3 is 0 Å². The first-order valence-corrected chi connectivity index (χ1v) is 13.9. The zero-order valence-electron chi connectivity index (χ0n) is 22.0. The Bertz CT molecular complexity index is 2210. The molecule has 0 amide bonds. The van der Waals surface area contributed by atoms with Crippen LogP contribution < -0.4 is 0 Å². The van der Waals surface area contributed by atoms with Crippen LogP contribution in [0.4, 0.5) is 0 Å². The molecule has 0 spiro atoms. The third-order valence-electron chi connectivity index (χ3n) is 8.22. The highest BCUT2D eigenvalue weighted by Crippen LogP contribution is 2.39. The molecule has 40 heavy (non-hydrogen) atoms. The summed E-state index contributed by atoms with van der Waals surface area (Å²) in [7, 11) is 0. The Morgan fingerprint density at radius 2 is 0.850 bits per heavy atom. The second-order valence-corrected chi connectivity index (χ2v) is 10.6. The summed E-state index contributed by atoms with van der Waals surface area (Å²) in [5.74, 6) is 0. The molecular weight excluding hydrogens is 480 g/mol. The number of rotatable bonds is 3. The van der Waals surface area contributed by atoms with Gasteiger partial charge in [-0.1, -0.05) is 133 Å². The van der Waals surface area contributed by atoms with Crippen molar-refractivity contribution in [1.82, 2.24) is 0 Å². The molecule has 0 saturated carbocycles. The van der Waals surface area contributed by atoms with E-state index in [4.69, 9.17) is 0 Å². The van der Waals surface area contributed by atoms with Crippen molar-refractivity contribution in [2.75, 3.05) is 0 Å². The van der Waals surface area contributed by atoms with Crippen molar-refractivity contribution in [3.05, 3.63) is 158 Å². The topological polar surface area (TPSA) is 0 Å². The van der Waals surface area contributed by atoms with E-state index in [-0.39, 0.29) is 0 Å². The first-order valence-electron chi connectivity index (χ1n) is 13.9. The van der Waals surface area contributed by atoms with Crippen LogP contribution in [0.1, 0.15) is 0 Å². The number of hydrogen-bond donors (Lipinski definition) is 0. The van der Waals surface area contributed by atoms with Gasteiger partial charge in [-0.25, -0.2) is 0 Å². The standard InChI is InChI=1S/C40H26/c1-2-11-29-23-30(20-19-27(29)9-1)31-21-22-38-37-17-6-4-12-34(37)26-39(40(38)25-31)33-15-7-14-32(24-33)36-18-8-13-28-10-3-5-16-35(28)36/h1-26H. The Hall–Kier alpha value is -5.20. The van der Waals surface area contributed by atoms with Gasteiger partial charge in [0.25, 0.3) is 0 Å². The lowest BCUT2D eigenvalue weighted by molar-refractivity contribution is 1.63. The van der Waals surface area contributed by atoms with Gasteiger partial charge in [-0.05, 0) is 101 Å². The fraction of sp³-hybridized carbons (Fsp3) is 0. The maximum absolute atomic E-state index is 2.38. The minimum Gasteiger partial charge on any atom is -0.0616 e. The first-order chi connectivity index (χ1) is 19.8. The van der Waals surface area contributed by atoms with Gasteiger partial charge in [0.2, 0.25) is 0 Å². The van der Waals surface area contributed by atoms with Crippen LogP contribution in [0.3, 0.4) is 0 Å². The minimum absolute atomic E-state index is 1.23. The summed E-state index contributed by atoms with van der Waals surface area (Å²) in [4.78, 5) is 0. The molecule has 0 heteroatoms. The molecular formula is C40H26. The second kappa shape index (κ2) is 9.22. The third kappa shape index (κ3) is 3.77. The summed E-state index contributed by atoms with van der Waals surface area (Å²) in [6, 6.07) is 57.7. The van der Waals surface area contributed by atoms with Gasteiger partial charge in [-0.15, -0.1) is 0 Å². The zero-order chi connectivity index (χ0) is 26.5. The molecule has 0 N–H and O–H groups in total. The SMILES string of the molecule is c1cc(-c2cccc3ccccc23)cc(-c2cc3ccccc3c3ccc(-c4ccc5ccccc5c4)cc23)c1. The molecule has 0 heterocycles. The molecule has 186 valence electrons. The Labute approximate surface area is 233 Å². The molecule has 0 aliphatic rings. The molecule has 0 nitrogen and oxygen atoms in total. The van der Waals surface area contributed by atoms with E-state index in [0.717, 1.165) is 0 Å². The minimum atomic E-state index is 1.23. The Kier molecular flexibility index (Phi) is 5.24.